The lowest BCUT2D eigenvalue weighted by Crippen LogP contribution is -2.40. The average molecular weight is 286 g/mol. The molecule has 0 radical (unpaired) electrons. The Morgan fingerprint density at radius 2 is 2.05 bits per heavy atom. The molecule has 108 valence electrons. The monoisotopic (exact) mass is 286 g/mol. The lowest BCUT2D eigenvalue weighted by Gasteiger charge is -2.19. The molecule has 0 saturated carbocycles. The van der Waals surface area contributed by atoms with Gasteiger partial charge in [-0.05, 0) is 12.8 Å². The van der Waals surface area contributed by atoms with Gasteiger partial charge in [0.2, 0.25) is 5.76 Å². The Bertz CT molecular complexity index is 665. The highest BCUT2D eigenvalue weighted by Crippen LogP contribution is 2.23. The molecule has 1 N–H and O–H groups in total. The predicted molar refractivity (Wildman–Crippen MR) is 73.6 cm³/mol. The van der Waals surface area contributed by atoms with Gasteiger partial charge in [0.1, 0.15) is 11.7 Å². The minimum Gasteiger partial charge on any atom is -0.480 e. The van der Waals surface area contributed by atoms with Crippen molar-refractivity contribution >= 4 is 11.9 Å². The van der Waals surface area contributed by atoms with Crippen LogP contribution in [-0.4, -0.2) is 39.6 Å². The van der Waals surface area contributed by atoms with Crippen molar-refractivity contribution in [2.24, 2.45) is 0 Å². The number of nitrogens with zero attached hydrogens (tertiary/aromatic N) is 2. The lowest BCUT2D eigenvalue weighted by atomic mass is 10.1. The van der Waals surface area contributed by atoms with E-state index in [-0.39, 0.29) is 5.76 Å². The van der Waals surface area contributed by atoms with E-state index in [1.807, 2.05) is 30.3 Å². The lowest BCUT2D eigenvalue weighted by molar-refractivity contribution is -0.141. The van der Waals surface area contributed by atoms with Gasteiger partial charge in [-0.15, -0.1) is 0 Å². The predicted octanol–water partition coefficient (Wildman–Crippen LogP) is 2.03. The maximum Gasteiger partial charge on any atom is 0.326 e. The summed E-state index contributed by atoms with van der Waals surface area (Å²) in [6, 6.07) is 10.1. The number of carboxylic acid groups (broad SMARTS) is 1. The molecule has 2 aromatic rings. The van der Waals surface area contributed by atoms with Crippen molar-refractivity contribution in [3.63, 3.8) is 0 Å². The van der Waals surface area contributed by atoms with E-state index >= 15 is 0 Å². The topological polar surface area (TPSA) is 83.6 Å². The van der Waals surface area contributed by atoms with Crippen molar-refractivity contribution in [1.29, 1.82) is 0 Å². The molecule has 1 aliphatic rings. The van der Waals surface area contributed by atoms with Crippen LogP contribution < -0.4 is 0 Å². The molecule has 1 fully saturated rings. The molecule has 1 saturated heterocycles. The van der Waals surface area contributed by atoms with E-state index in [1.54, 1.807) is 6.07 Å². The molecule has 1 amide bonds. The van der Waals surface area contributed by atoms with Gasteiger partial charge in [0.15, 0.2) is 0 Å². The highest BCUT2D eigenvalue weighted by molar-refractivity contribution is 5.95. The highest BCUT2D eigenvalue weighted by Gasteiger charge is 2.36. The van der Waals surface area contributed by atoms with Crippen LogP contribution >= 0.6 is 0 Å². The van der Waals surface area contributed by atoms with Crippen molar-refractivity contribution < 1.29 is 19.2 Å². The van der Waals surface area contributed by atoms with Gasteiger partial charge in [0, 0.05) is 18.2 Å². The summed E-state index contributed by atoms with van der Waals surface area (Å²) >= 11 is 0. The Morgan fingerprint density at radius 1 is 1.29 bits per heavy atom. The van der Waals surface area contributed by atoms with Crippen LogP contribution in [0.15, 0.2) is 40.9 Å². The molecule has 0 bridgehead atoms. The second kappa shape index (κ2) is 5.40. The smallest absolute Gasteiger partial charge is 0.326 e. The zero-order valence-corrected chi connectivity index (χ0v) is 11.2. The van der Waals surface area contributed by atoms with E-state index in [1.165, 1.54) is 4.90 Å². The summed E-state index contributed by atoms with van der Waals surface area (Å²) in [6.45, 7) is 0.428. The Labute approximate surface area is 121 Å². The first kappa shape index (κ1) is 13.4. The molecule has 0 unspecified atom stereocenters. The number of amides is 1. The van der Waals surface area contributed by atoms with Crippen molar-refractivity contribution in [3.05, 3.63) is 42.2 Å². The molecule has 1 aromatic heterocycles. The normalized spacial score (nSPS) is 17.9. The number of carbonyl (C=O) groups is 2. The molecule has 1 aliphatic heterocycles. The third-order valence-corrected chi connectivity index (χ3v) is 3.59. The van der Waals surface area contributed by atoms with Gasteiger partial charge < -0.3 is 14.5 Å². The summed E-state index contributed by atoms with van der Waals surface area (Å²) in [5, 5.41) is 13.0. The fourth-order valence-electron chi connectivity index (χ4n) is 2.53. The number of aromatic nitrogens is 1. The van der Waals surface area contributed by atoms with Crippen LogP contribution in [0.5, 0.6) is 0 Å². The van der Waals surface area contributed by atoms with Crippen LogP contribution in [-0.2, 0) is 4.79 Å². The van der Waals surface area contributed by atoms with E-state index < -0.39 is 17.9 Å². The molecule has 0 aliphatic carbocycles. The van der Waals surface area contributed by atoms with Gasteiger partial charge in [0.05, 0.1) is 0 Å². The summed E-state index contributed by atoms with van der Waals surface area (Å²) < 4.78 is 5.09. The van der Waals surface area contributed by atoms with Crippen LogP contribution in [0, 0.1) is 0 Å². The second-order valence-corrected chi connectivity index (χ2v) is 4.94. The van der Waals surface area contributed by atoms with E-state index in [9.17, 15) is 9.59 Å². The maximum absolute atomic E-state index is 12.3. The van der Waals surface area contributed by atoms with E-state index in [0.717, 1.165) is 5.56 Å². The van der Waals surface area contributed by atoms with Gasteiger partial charge in [-0.2, -0.15) is 0 Å². The molecular formula is C15H14N2O4. The molecule has 6 nitrogen and oxygen atoms in total. The Hall–Kier alpha value is -2.63. The number of carboxylic acids is 1. The zero-order valence-electron chi connectivity index (χ0n) is 11.2. The minimum atomic E-state index is -0.983. The fourth-order valence-corrected chi connectivity index (χ4v) is 2.53. The van der Waals surface area contributed by atoms with Crippen LogP contribution in [0.1, 0.15) is 23.4 Å². The van der Waals surface area contributed by atoms with Crippen molar-refractivity contribution in [2.75, 3.05) is 6.54 Å². The van der Waals surface area contributed by atoms with Gasteiger partial charge in [-0.3, -0.25) is 4.79 Å². The third-order valence-electron chi connectivity index (χ3n) is 3.59. The summed E-state index contributed by atoms with van der Waals surface area (Å²) in [6.07, 6.45) is 1.16. The summed E-state index contributed by atoms with van der Waals surface area (Å²) in [4.78, 5) is 24.8. The second-order valence-electron chi connectivity index (χ2n) is 4.94. The van der Waals surface area contributed by atoms with Crippen molar-refractivity contribution in [1.82, 2.24) is 10.1 Å². The number of aliphatic carboxylic acids is 1. The summed E-state index contributed by atoms with van der Waals surface area (Å²) in [5.41, 5.74) is 1.40. The number of carbonyl (C=O) groups excluding carboxylic acids is 1. The number of hydrogen-bond acceptors (Lipinski definition) is 4. The number of likely N-dealkylation sites (tertiary alicyclic amines) is 1. The third kappa shape index (κ3) is 2.52. The maximum atomic E-state index is 12.3. The molecule has 1 aromatic carbocycles. The van der Waals surface area contributed by atoms with Gasteiger partial charge >= 0.3 is 5.97 Å². The minimum absolute atomic E-state index is 0.0713. The van der Waals surface area contributed by atoms with E-state index in [4.69, 9.17) is 9.63 Å². The molecule has 0 spiro atoms. The van der Waals surface area contributed by atoms with E-state index in [0.29, 0.717) is 25.1 Å². The highest BCUT2D eigenvalue weighted by atomic mass is 16.5. The Kier molecular flexibility index (Phi) is 3.43. The average Bonchev–Trinajstić information content (AvgIpc) is 3.17. The number of benzene rings is 1. The van der Waals surface area contributed by atoms with Crippen LogP contribution in [0.4, 0.5) is 0 Å². The van der Waals surface area contributed by atoms with Crippen LogP contribution in [0.2, 0.25) is 0 Å². The largest absolute Gasteiger partial charge is 0.480 e. The van der Waals surface area contributed by atoms with Crippen molar-refractivity contribution in [3.8, 4) is 11.3 Å². The molecule has 1 atom stereocenters. The Morgan fingerprint density at radius 3 is 2.76 bits per heavy atom. The van der Waals surface area contributed by atoms with Gasteiger partial charge in [-0.1, -0.05) is 35.5 Å². The first-order chi connectivity index (χ1) is 10.2. The molecular weight excluding hydrogens is 272 g/mol. The standard InChI is InChI=1S/C15H14N2O4/c18-14(17-8-4-7-12(17)15(19)20)13-9-11(16-21-13)10-5-2-1-3-6-10/h1-3,5-6,9,12H,4,7-8H2,(H,19,20)/t12-/m0/s1. The van der Waals surface area contributed by atoms with E-state index in [2.05, 4.69) is 5.16 Å². The Balaban J connectivity index is 1.83. The van der Waals surface area contributed by atoms with Gasteiger partial charge in [-0.25, -0.2) is 4.79 Å². The first-order valence-corrected chi connectivity index (χ1v) is 6.73. The number of hydrogen-bond donors (Lipinski definition) is 1. The number of rotatable bonds is 3. The van der Waals surface area contributed by atoms with Crippen LogP contribution in [0.3, 0.4) is 0 Å². The van der Waals surface area contributed by atoms with Gasteiger partial charge in [0.25, 0.3) is 5.91 Å². The molecule has 21 heavy (non-hydrogen) atoms. The fraction of sp³-hybridized carbons (Fsp3) is 0.267. The van der Waals surface area contributed by atoms with Crippen LogP contribution in [0.25, 0.3) is 11.3 Å². The first-order valence-electron chi connectivity index (χ1n) is 6.73. The quantitative estimate of drug-likeness (QED) is 0.933. The summed E-state index contributed by atoms with van der Waals surface area (Å²) in [5.74, 6) is -1.33. The van der Waals surface area contributed by atoms with Crippen molar-refractivity contribution in [2.45, 2.75) is 18.9 Å². The summed E-state index contributed by atoms with van der Waals surface area (Å²) in [7, 11) is 0. The molecule has 6 heteroatoms. The SMILES string of the molecule is O=C(O)[C@@H]1CCCN1C(=O)c1cc(-c2ccccc2)no1. The zero-order chi connectivity index (χ0) is 14.8. The molecule has 2 heterocycles. The molecule has 3 rings (SSSR count).